The minimum Gasteiger partial charge on any atom is -0.496 e. The molecule has 0 fully saturated rings. The van der Waals surface area contributed by atoms with Gasteiger partial charge in [-0.3, -0.25) is 0 Å². The molecule has 4 aromatic carbocycles. The van der Waals surface area contributed by atoms with Gasteiger partial charge in [-0.15, -0.1) is 37.9 Å². The Morgan fingerprint density at radius 2 is 1.24 bits per heavy atom. The third-order valence-electron chi connectivity index (χ3n) is 7.41. The van der Waals surface area contributed by atoms with Gasteiger partial charge in [0.2, 0.25) is 0 Å². The van der Waals surface area contributed by atoms with E-state index < -0.39 is 5.41 Å². The first-order valence-electron chi connectivity index (χ1n) is 12.4. The van der Waals surface area contributed by atoms with Crippen LogP contribution in [0.4, 0.5) is 0 Å². The second-order valence-corrected chi connectivity index (χ2v) is 11.1. The molecule has 2 atom stereocenters. The first kappa shape index (κ1) is 26.6. The molecule has 5 heteroatoms. The fourth-order valence-electron chi connectivity index (χ4n) is 5.35. The van der Waals surface area contributed by atoms with Crippen LogP contribution < -0.4 is 9.47 Å². The molecule has 0 spiro atoms. The van der Waals surface area contributed by atoms with E-state index in [9.17, 15) is 0 Å². The molecule has 4 aromatic rings. The summed E-state index contributed by atoms with van der Waals surface area (Å²) in [5.74, 6) is 1.57. The van der Waals surface area contributed by atoms with Gasteiger partial charge < -0.3 is 9.47 Å². The molecule has 0 heterocycles. The molecule has 0 aromatic heterocycles. The Morgan fingerprint density at radius 3 is 1.82 bits per heavy atom. The van der Waals surface area contributed by atoms with Crippen molar-refractivity contribution in [3.05, 3.63) is 120 Å². The van der Waals surface area contributed by atoms with E-state index in [-0.39, 0.29) is 5.92 Å². The molecule has 0 amide bonds. The molecule has 0 saturated carbocycles. The second-order valence-electron chi connectivity index (χ2n) is 9.57. The van der Waals surface area contributed by atoms with E-state index in [0.29, 0.717) is 0 Å². The van der Waals surface area contributed by atoms with Gasteiger partial charge in [-0.25, -0.2) is 0 Å². The summed E-state index contributed by atoms with van der Waals surface area (Å²) in [6.45, 7) is 2.26. The molecule has 0 radical (unpaired) electrons. The fourth-order valence-corrected chi connectivity index (χ4v) is 6.02. The van der Waals surface area contributed by atoms with Gasteiger partial charge in [-0.05, 0) is 76.4 Å². The van der Waals surface area contributed by atoms with Gasteiger partial charge in [0.1, 0.15) is 11.5 Å². The number of thiol groups is 3. The van der Waals surface area contributed by atoms with Crippen molar-refractivity contribution in [3.63, 3.8) is 0 Å². The number of methoxy groups -OCH3 is 2. The molecule has 0 N–H and O–H groups in total. The van der Waals surface area contributed by atoms with E-state index in [1.54, 1.807) is 14.2 Å². The summed E-state index contributed by atoms with van der Waals surface area (Å²) in [5, 5.41) is 0. The van der Waals surface area contributed by atoms with E-state index in [4.69, 9.17) is 22.1 Å². The summed E-state index contributed by atoms with van der Waals surface area (Å²) >= 11 is 13.9. The molecule has 2 unspecified atom stereocenters. The summed E-state index contributed by atoms with van der Waals surface area (Å²) < 4.78 is 11.9. The van der Waals surface area contributed by atoms with Crippen LogP contribution in [0, 0.1) is 5.92 Å². The maximum atomic E-state index is 5.94. The standard InChI is InChI=1S/C33H30O2S3/c1-33(32-29(34-2)5-4-6-30(32)35-3,25-13-7-23(19-25)21-8-14-26(36)15-9-21)28-20-24(12-18-31(28)38)22-10-16-27(37)17-11-22/h4-20,25,36-38H,1-3H3. The lowest BCUT2D eigenvalue weighted by molar-refractivity contribution is 0.355. The van der Waals surface area contributed by atoms with E-state index in [0.717, 1.165) is 54.0 Å². The van der Waals surface area contributed by atoms with Crippen molar-refractivity contribution < 1.29 is 9.47 Å². The predicted octanol–water partition coefficient (Wildman–Crippen LogP) is 8.81. The summed E-state index contributed by atoms with van der Waals surface area (Å²) in [7, 11) is 3.42. The van der Waals surface area contributed by atoms with Crippen molar-refractivity contribution in [2.24, 2.45) is 5.92 Å². The van der Waals surface area contributed by atoms with Gasteiger partial charge in [0.15, 0.2) is 0 Å². The highest BCUT2D eigenvalue weighted by Gasteiger charge is 2.42. The van der Waals surface area contributed by atoms with Crippen LogP contribution in [0.1, 0.15) is 23.6 Å². The Kier molecular flexibility index (Phi) is 7.71. The molecule has 192 valence electrons. The van der Waals surface area contributed by atoms with Crippen molar-refractivity contribution in [3.8, 4) is 22.6 Å². The van der Waals surface area contributed by atoms with Gasteiger partial charge >= 0.3 is 0 Å². The highest BCUT2D eigenvalue weighted by molar-refractivity contribution is 7.80. The second kappa shape index (κ2) is 11.0. The lowest BCUT2D eigenvalue weighted by Crippen LogP contribution is -2.32. The van der Waals surface area contributed by atoms with E-state index in [2.05, 4.69) is 92.9 Å². The van der Waals surface area contributed by atoms with Crippen molar-refractivity contribution >= 4 is 43.5 Å². The minimum absolute atomic E-state index is 0.0133. The molecular weight excluding hydrogens is 525 g/mol. The first-order chi connectivity index (χ1) is 18.3. The predicted molar refractivity (Wildman–Crippen MR) is 167 cm³/mol. The van der Waals surface area contributed by atoms with Crippen molar-refractivity contribution in [2.75, 3.05) is 14.2 Å². The van der Waals surface area contributed by atoms with Crippen molar-refractivity contribution in [1.29, 1.82) is 0 Å². The molecule has 38 heavy (non-hydrogen) atoms. The molecule has 5 rings (SSSR count). The number of ether oxygens (including phenoxy) is 2. The maximum Gasteiger partial charge on any atom is 0.126 e. The summed E-state index contributed by atoms with van der Waals surface area (Å²) in [4.78, 5) is 2.78. The van der Waals surface area contributed by atoms with Crippen molar-refractivity contribution in [1.82, 2.24) is 0 Å². The average Bonchev–Trinajstić information content (AvgIpc) is 3.44. The zero-order valence-electron chi connectivity index (χ0n) is 21.6. The zero-order valence-corrected chi connectivity index (χ0v) is 24.2. The van der Waals surface area contributed by atoms with Gasteiger partial charge in [0.05, 0.1) is 14.2 Å². The lowest BCUT2D eigenvalue weighted by Gasteiger charge is -2.38. The lowest BCUT2D eigenvalue weighted by atomic mass is 9.66. The number of hydrogen-bond acceptors (Lipinski definition) is 5. The molecule has 1 aliphatic carbocycles. The average molecular weight is 555 g/mol. The Balaban J connectivity index is 1.74. The van der Waals surface area contributed by atoms with Gasteiger partial charge in [0.25, 0.3) is 0 Å². The zero-order chi connectivity index (χ0) is 26.9. The topological polar surface area (TPSA) is 18.5 Å². The number of allylic oxidation sites excluding steroid dienone is 4. The Labute approximate surface area is 241 Å². The van der Waals surface area contributed by atoms with Crippen LogP contribution in [0.15, 0.2) is 118 Å². The van der Waals surface area contributed by atoms with Crippen LogP contribution in [0.3, 0.4) is 0 Å². The highest BCUT2D eigenvalue weighted by Crippen LogP contribution is 2.52. The van der Waals surface area contributed by atoms with Crippen LogP contribution in [-0.2, 0) is 5.41 Å². The van der Waals surface area contributed by atoms with Gasteiger partial charge in [-0.1, -0.05) is 61.5 Å². The van der Waals surface area contributed by atoms with Crippen LogP contribution in [0.5, 0.6) is 11.5 Å². The smallest absolute Gasteiger partial charge is 0.126 e. The third kappa shape index (κ3) is 4.91. The van der Waals surface area contributed by atoms with Crippen LogP contribution in [-0.4, -0.2) is 14.2 Å². The van der Waals surface area contributed by atoms with Crippen LogP contribution >= 0.6 is 37.9 Å². The monoisotopic (exact) mass is 554 g/mol. The summed E-state index contributed by atoms with van der Waals surface area (Å²) in [5.41, 5.74) is 6.08. The van der Waals surface area contributed by atoms with Gasteiger partial charge in [-0.2, -0.15) is 0 Å². The Hall–Kier alpha value is -2.99. The van der Waals surface area contributed by atoms with E-state index in [1.807, 2.05) is 42.5 Å². The fraction of sp³-hybridized carbons (Fsp3) is 0.152. The Morgan fingerprint density at radius 1 is 0.684 bits per heavy atom. The number of hydrogen-bond donors (Lipinski definition) is 3. The van der Waals surface area contributed by atoms with Crippen LogP contribution in [0.25, 0.3) is 16.7 Å². The first-order valence-corrected chi connectivity index (χ1v) is 13.7. The highest BCUT2D eigenvalue weighted by atomic mass is 32.1. The van der Waals surface area contributed by atoms with E-state index >= 15 is 0 Å². The van der Waals surface area contributed by atoms with Crippen molar-refractivity contribution in [2.45, 2.75) is 27.0 Å². The normalized spacial score (nSPS) is 16.2. The number of rotatable bonds is 7. The molecule has 0 aliphatic heterocycles. The SMILES string of the molecule is COc1cccc(OC)c1C(C)(c1cc(-c2ccc(S)cc2)ccc1S)C1C=CC(c2ccc(S)cc2)=C1. The van der Waals surface area contributed by atoms with Gasteiger partial charge in [0, 0.05) is 31.6 Å². The largest absolute Gasteiger partial charge is 0.496 e. The molecule has 2 nitrogen and oxygen atoms in total. The summed E-state index contributed by atoms with van der Waals surface area (Å²) in [6.07, 6.45) is 6.80. The molecule has 0 saturated heterocycles. The molecule has 0 bridgehead atoms. The Bertz CT molecular complexity index is 1500. The molecular formula is C33H30O2S3. The summed E-state index contributed by atoms with van der Waals surface area (Å²) in [6, 6.07) is 28.9. The molecule has 1 aliphatic rings. The number of benzene rings is 4. The van der Waals surface area contributed by atoms with Crippen LogP contribution in [0.2, 0.25) is 0 Å². The maximum absolute atomic E-state index is 5.94. The third-order valence-corrected chi connectivity index (χ3v) is 8.40. The van der Waals surface area contributed by atoms with E-state index in [1.165, 1.54) is 5.57 Å². The minimum atomic E-state index is -0.559. The quantitative estimate of drug-likeness (QED) is 0.198.